The first-order valence-electron chi connectivity index (χ1n) is 5.13. The van der Waals surface area contributed by atoms with Crippen LogP contribution in [0.15, 0.2) is 18.2 Å². The van der Waals surface area contributed by atoms with Crippen LogP contribution in [0.3, 0.4) is 0 Å². The molecular formula is C11H11ClFN3S. The maximum Gasteiger partial charge on any atom is 0.195 e. The summed E-state index contributed by atoms with van der Waals surface area (Å²) in [7, 11) is 0. The van der Waals surface area contributed by atoms with E-state index in [0.717, 1.165) is 0 Å². The van der Waals surface area contributed by atoms with Crippen LogP contribution in [0.2, 0.25) is 5.02 Å². The lowest BCUT2D eigenvalue weighted by atomic mass is 10.2. The van der Waals surface area contributed by atoms with Crippen molar-refractivity contribution in [2.45, 2.75) is 19.9 Å². The highest BCUT2D eigenvalue weighted by atomic mass is 35.5. The molecule has 0 aliphatic rings. The van der Waals surface area contributed by atoms with Crippen LogP contribution in [0.4, 0.5) is 4.39 Å². The number of halogens is 2. The number of nitrogens with zero attached hydrogens (tertiary/aromatic N) is 2. The van der Waals surface area contributed by atoms with Gasteiger partial charge in [0, 0.05) is 11.6 Å². The average Bonchev–Trinajstić information content (AvgIpc) is 2.60. The molecule has 0 fully saturated rings. The molecule has 1 aromatic carbocycles. The van der Waals surface area contributed by atoms with Gasteiger partial charge in [0.15, 0.2) is 10.6 Å². The van der Waals surface area contributed by atoms with Crippen molar-refractivity contribution < 1.29 is 4.39 Å². The monoisotopic (exact) mass is 271 g/mol. The Kier molecular flexibility index (Phi) is 3.31. The highest BCUT2D eigenvalue weighted by Gasteiger charge is 2.14. The molecule has 2 aromatic rings. The van der Waals surface area contributed by atoms with Gasteiger partial charge >= 0.3 is 0 Å². The van der Waals surface area contributed by atoms with Gasteiger partial charge in [-0.2, -0.15) is 5.10 Å². The van der Waals surface area contributed by atoms with Crippen molar-refractivity contribution in [3.05, 3.63) is 33.8 Å². The summed E-state index contributed by atoms with van der Waals surface area (Å²) in [5.41, 5.74) is 0.661. The number of aromatic amines is 1. The van der Waals surface area contributed by atoms with E-state index >= 15 is 0 Å². The number of rotatable bonds is 2. The molecule has 0 unspecified atom stereocenters. The summed E-state index contributed by atoms with van der Waals surface area (Å²) in [5.74, 6) is 0.249. The van der Waals surface area contributed by atoms with Crippen molar-refractivity contribution in [2.24, 2.45) is 0 Å². The lowest BCUT2D eigenvalue weighted by Gasteiger charge is -2.11. The van der Waals surface area contributed by atoms with Gasteiger partial charge in [-0.15, -0.1) is 0 Å². The van der Waals surface area contributed by atoms with Gasteiger partial charge in [0.2, 0.25) is 0 Å². The maximum absolute atomic E-state index is 13.0. The molecule has 2 rings (SSSR count). The highest BCUT2D eigenvalue weighted by Crippen LogP contribution is 2.28. The van der Waals surface area contributed by atoms with E-state index in [1.54, 1.807) is 6.07 Å². The zero-order valence-corrected chi connectivity index (χ0v) is 10.9. The Bertz CT molecular complexity index is 603. The van der Waals surface area contributed by atoms with Gasteiger partial charge in [-0.1, -0.05) is 11.6 Å². The van der Waals surface area contributed by atoms with E-state index in [4.69, 9.17) is 23.8 Å². The molecule has 0 spiro atoms. The van der Waals surface area contributed by atoms with Gasteiger partial charge in [0.1, 0.15) is 5.82 Å². The van der Waals surface area contributed by atoms with E-state index in [1.807, 2.05) is 18.4 Å². The lowest BCUT2D eigenvalue weighted by Crippen LogP contribution is -2.03. The van der Waals surface area contributed by atoms with Crippen LogP contribution in [-0.4, -0.2) is 14.8 Å². The minimum Gasteiger partial charge on any atom is -0.298 e. The van der Waals surface area contributed by atoms with Gasteiger partial charge in [0.05, 0.1) is 5.02 Å². The fraction of sp³-hybridized carbons (Fsp3) is 0.273. The Hall–Kier alpha value is -1.20. The second kappa shape index (κ2) is 4.58. The third-order valence-corrected chi connectivity index (χ3v) is 2.99. The van der Waals surface area contributed by atoms with E-state index in [9.17, 15) is 4.39 Å². The molecule has 1 N–H and O–H groups in total. The Labute approximate surface area is 108 Å². The molecule has 17 heavy (non-hydrogen) atoms. The average molecular weight is 272 g/mol. The van der Waals surface area contributed by atoms with Crippen LogP contribution in [0, 0.1) is 10.6 Å². The maximum atomic E-state index is 13.0. The van der Waals surface area contributed by atoms with Gasteiger partial charge in [-0.3, -0.25) is 9.67 Å². The summed E-state index contributed by atoms with van der Waals surface area (Å²) in [4.78, 5) is 0. The van der Waals surface area contributed by atoms with Crippen LogP contribution < -0.4 is 0 Å². The molecule has 0 saturated heterocycles. The minimum atomic E-state index is -0.371. The third-order valence-electron chi connectivity index (χ3n) is 2.39. The fourth-order valence-corrected chi connectivity index (χ4v) is 2.24. The van der Waals surface area contributed by atoms with Crippen molar-refractivity contribution in [1.82, 2.24) is 14.8 Å². The highest BCUT2D eigenvalue weighted by molar-refractivity contribution is 7.71. The topological polar surface area (TPSA) is 33.6 Å². The fourth-order valence-electron chi connectivity index (χ4n) is 1.64. The molecule has 0 radical (unpaired) electrons. The van der Waals surface area contributed by atoms with Crippen molar-refractivity contribution in [3.8, 4) is 11.4 Å². The second-order valence-electron chi connectivity index (χ2n) is 3.94. The van der Waals surface area contributed by atoms with E-state index in [1.165, 1.54) is 12.1 Å². The van der Waals surface area contributed by atoms with Gasteiger partial charge in [0.25, 0.3) is 0 Å². The zero-order chi connectivity index (χ0) is 12.6. The molecule has 1 aromatic heterocycles. The van der Waals surface area contributed by atoms with Crippen LogP contribution >= 0.6 is 23.8 Å². The van der Waals surface area contributed by atoms with E-state index in [2.05, 4.69) is 10.2 Å². The Morgan fingerprint density at radius 2 is 2.18 bits per heavy atom. The molecule has 0 aliphatic heterocycles. The minimum absolute atomic E-state index is 0.150. The number of hydrogen-bond donors (Lipinski definition) is 1. The van der Waals surface area contributed by atoms with Crippen LogP contribution in [0.1, 0.15) is 19.9 Å². The Morgan fingerprint density at radius 1 is 1.47 bits per heavy atom. The normalized spacial score (nSPS) is 11.1. The molecule has 0 saturated carbocycles. The zero-order valence-electron chi connectivity index (χ0n) is 9.37. The van der Waals surface area contributed by atoms with Crippen LogP contribution in [0.5, 0.6) is 0 Å². The molecule has 90 valence electrons. The summed E-state index contributed by atoms with van der Waals surface area (Å²) >= 11 is 11.2. The molecule has 0 aliphatic carbocycles. The van der Waals surface area contributed by atoms with Gasteiger partial charge < -0.3 is 0 Å². The van der Waals surface area contributed by atoms with E-state index in [-0.39, 0.29) is 11.9 Å². The van der Waals surface area contributed by atoms with E-state index in [0.29, 0.717) is 21.2 Å². The molecule has 3 nitrogen and oxygen atoms in total. The number of aromatic nitrogens is 3. The molecule has 0 atom stereocenters. The second-order valence-corrected chi connectivity index (χ2v) is 4.73. The molecule has 0 bridgehead atoms. The SMILES string of the molecule is CC(C)n1c(-c2ccc(F)cc2Cl)n[nH]c1=S. The molecule has 6 heteroatoms. The number of benzene rings is 1. The van der Waals surface area contributed by atoms with Crippen LogP contribution in [0.25, 0.3) is 11.4 Å². The third kappa shape index (κ3) is 2.25. The first-order valence-corrected chi connectivity index (χ1v) is 5.91. The largest absolute Gasteiger partial charge is 0.298 e. The summed E-state index contributed by atoms with van der Waals surface area (Å²) in [6.45, 7) is 3.98. The number of hydrogen-bond acceptors (Lipinski definition) is 2. The van der Waals surface area contributed by atoms with Crippen molar-refractivity contribution in [3.63, 3.8) is 0 Å². The van der Waals surface area contributed by atoms with Crippen molar-refractivity contribution in [1.29, 1.82) is 0 Å². The Morgan fingerprint density at radius 3 is 2.76 bits per heavy atom. The van der Waals surface area contributed by atoms with Crippen molar-refractivity contribution >= 4 is 23.8 Å². The predicted molar refractivity (Wildman–Crippen MR) is 68.2 cm³/mol. The summed E-state index contributed by atoms with van der Waals surface area (Å²) in [5, 5.41) is 7.18. The lowest BCUT2D eigenvalue weighted by molar-refractivity contribution is 0.596. The molecular weight excluding hydrogens is 261 g/mol. The first-order chi connectivity index (χ1) is 8.00. The molecule has 0 amide bonds. The van der Waals surface area contributed by atoms with Crippen LogP contribution in [-0.2, 0) is 0 Å². The van der Waals surface area contributed by atoms with E-state index < -0.39 is 0 Å². The van der Waals surface area contributed by atoms with Crippen molar-refractivity contribution in [2.75, 3.05) is 0 Å². The standard InChI is InChI=1S/C11H11ClFN3S/c1-6(2)16-10(14-15-11(16)17)8-4-3-7(13)5-9(8)12/h3-6H,1-2H3,(H,15,17). The van der Waals surface area contributed by atoms with Gasteiger partial charge in [-0.25, -0.2) is 4.39 Å². The smallest absolute Gasteiger partial charge is 0.195 e. The quantitative estimate of drug-likeness (QED) is 0.838. The predicted octanol–water partition coefficient (Wildman–Crippen LogP) is 3.98. The molecule has 1 heterocycles. The first kappa shape index (κ1) is 12.3. The summed E-state index contributed by atoms with van der Waals surface area (Å²) in [6, 6.07) is 4.36. The Balaban J connectivity index is 2.65. The summed E-state index contributed by atoms with van der Waals surface area (Å²) < 4.78 is 15.4. The van der Waals surface area contributed by atoms with Gasteiger partial charge in [-0.05, 0) is 44.3 Å². The number of H-pyrrole nitrogens is 1. The number of nitrogens with one attached hydrogen (secondary N) is 1. The summed E-state index contributed by atoms with van der Waals surface area (Å²) in [6.07, 6.45) is 0.